The minimum absolute atomic E-state index is 0.103. The van der Waals surface area contributed by atoms with E-state index >= 15 is 0 Å². The molecule has 0 bridgehead atoms. The second-order valence-electron chi connectivity index (χ2n) is 12.4. The smallest absolute Gasteiger partial charge is 0.266 e. The van der Waals surface area contributed by atoms with Crippen LogP contribution in [0, 0.1) is 23.7 Å². The maximum Gasteiger partial charge on any atom is 0.266 e. The number of carbonyl (C=O) groups is 4. The summed E-state index contributed by atoms with van der Waals surface area (Å²) in [7, 11) is -1.95. The molecule has 2 unspecified atom stereocenters. The Hall–Kier alpha value is -1.97. The molecule has 1 aliphatic rings. The zero-order valence-electron chi connectivity index (χ0n) is 26.0. The number of nitrogens with zero attached hydrogens (tertiary/aromatic N) is 1. The number of hydrogen-bond donors (Lipinski definition) is 4. The van der Waals surface area contributed by atoms with Gasteiger partial charge < -0.3 is 16.0 Å². The lowest BCUT2D eigenvalue weighted by molar-refractivity contribution is -0.135. The van der Waals surface area contributed by atoms with Crippen molar-refractivity contribution in [1.29, 1.82) is 0 Å². The van der Waals surface area contributed by atoms with E-state index in [4.69, 9.17) is 4.62 Å². The van der Waals surface area contributed by atoms with Crippen molar-refractivity contribution in [2.24, 2.45) is 23.7 Å². The van der Waals surface area contributed by atoms with Gasteiger partial charge in [-0.1, -0.05) is 48.5 Å². The molecule has 1 aliphatic heterocycles. The van der Waals surface area contributed by atoms with Gasteiger partial charge in [0.1, 0.15) is 12.1 Å². The number of likely N-dealkylation sites (tertiary alicyclic amines) is 1. The van der Waals surface area contributed by atoms with Gasteiger partial charge in [-0.2, -0.15) is 0 Å². The van der Waals surface area contributed by atoms with Gasteiger partial charge in [-0.05, 0) is 62.9 Å². The van der Waals surface area contributed by atoms with Gasteiger partial charge in [0, 0.05) is 25.8 Å². The quantitative estimate of drug-likeness (QED) is 0.151. The highest BCUT2D eigenvalue weighted by Crippen LogP contribution is 2.44. The van der Waals surface area contributed by atoms with Crippen molar-refractivity contribution in [1.82, 2.24) is 26.3 Å². The molecule has 232 valence electrons. The van der Waals surface area contributed by atoms with E-state index in [9.17, 15) is 23.7 Å². The molecule has 11 nitrogen and oxygen atoms in total. The van der Waals surface area contributed by atoms with Crippen LogP contribution in [-0.4, -0.2) is 79.6 Å². The molecule has 1 saturated heterocycles. The highest BCUT2D eigenvalue weighted by atomic mass is 31.2. The van der Waals surface area contributed by atoms with Crippen molar-refractivity contribution in [3.8, 4) is 0 Å². The van der Waals surface area contributed by atoms with Gasteiger partial charge >= 0.3 is 0 Å². The lowest BCUT2D eigenvalue weighted by atomic mass is 9.96. The van der Waals surface area contributed by atoms with E-state index in [2.05, 4.69) is 26.3 Å². The molecule has 12 heteroatoms. The molecule has 0 aromatic rings. The first-order valence-corrected chi connectivity index (χ1v) is 17.0. The Kier molecular flexibility index (Phi) is 15.4. The Morgan fingerprint density at radius 1 is 0.875 bits per heavy atom. The van der Waals surface area contributed by atoms with E-state index in [1.165, 1.54) is 13.7 Å². The van der Waals surface area contributed by atoms with Gasteiger partial charge in [-0.25, -0.2) is 10.1 Å². The van der Waals surface area contributed by atoms with Crippen LogP contribution in [0.15, 0.2) is 0 Å². The number of likely N-dealkylation sites (N-methyl/N-ethyl adjacent to an activating group) is 2. The van der Waals surface area contributed by atoms with Crippen LogP contribution in [0.1, 0.15) is 80.6 Å². The van der Waals surface area contributed by atoms with Crippen LogP contribution in [0.4, 0.5) is 0 Å². The molecule has 0 radical (unpaired) electrons. The minimum atomic E-state index is -3.47. The van der Waals surface area contributed by atoms with Gasteiger partial charge in [0.05, 0.1) is 6.04 Å². The molecule has 1 fully saturated rings. The van der Waals surface area contributed by atoms with Crippen molar-refractivity contribution in [2.75, 3.05) is 33.0 Å². The third-order valence-electron chi connectivity index (χ3n) is 7.02. The molecule has 5 atom stereocenters. The molecule has 4 N–H and O–H groups in total. The van der Waals surface area contributed by atoms with Crippen LogP contribution in [-0.2, 0) is 28.4 Å². The maximum atomic E-state index is 13.4. The van der Waals surface area contributed by atoms with Crippen molar-refractivity contribution in [2.45, 2.75) is 98.7 Å². The minimum Gasteiger partial charge on any atom is -0.357 e. The Bertz CT molecular complexity index is 896. The van der Waals surface area contributed by atoms with E-state index < -0.39 is 31.3 Å². The molecule has 0 aromatic heterocycles. The number of nitrogens with one attached hydrogen (secondary N) is 4. The second kappa shape index (κ2) is 17.1. The van der Waals surface area contributed by atoms with Gasteiger partial charge in [0.25, 0.3) is 5.91 Å². The number of amides is 4. The molecule has 1 heterocycles. The third kappa shape index (κ3) is 12.7. The van der Waals surface area contributed by atoms with Crippen molar-refractivity contribution in [3.05, 3.63) is 0 Å². The maximum absolute atomic E-state index is 13.4. The summed E-state index contributed by atoms with van der Waals surface area (Å²) < 4.78 is 18.9. The summed E-state index contributed by atoms with van der Waals surface area (Å²) in [5.74, 6) is -1.69. The topological polar surface area (TPSA) is 146 Å². The summed E-state index contributed by atoms with van der Waals surface area (Å²) in [6.07, 6.45) is 2.87. The third-order valence-corrected chi connectivity index (χ3v) is 8.60. The average molecular weight is 588 g/mol. The van der Waals surface area contributed by atoms with E-state index in [0.717, 1.165) is 25.9 Å². The molecule has 1 rings (SSSR count). The highest BCUT2D eigenvalue weighted by Gasteiger charge is 2.35. The molecule has 0 spiro atoms. The number of carbonyl (C=O) groups excluding carboxylic acids is 4. The first-order valence-electron chi connectivity index (χ1n) is 14.7. The first kappa shape index (κ1) is 36.1. The summed E-state index contributed by atoms with van der Waals surface area (Å²) >= 11 is 0. The molecule has 0 saturated carbocycles. The number of hydrogen-bond acceptors (Lipinski definition) is 7. The van der Waals surface area contributed by atoms with Gasteiger partial charge in [0.2, 0.25) is 25.1 Å². The summed E-state index contributed by atoms with van der Waals surface area (Å²) in [5.41, 5.74) is 2.32. The molecule has 40 heavy (non-hydrogen) atoms. The van der Waals surface area contributed by atoms with Crippen LogP contribution < -0.4 is 21.4 Å². The van der Waals surface area contributed by atoms with Gasteiger partial charge in [-0.3, -0.25) is 28.6 Å². The Morgan fingerprint density at radius 2 is 1.43 bits per heavy atom. The number of rotatable bonds is 17. The Morgan fingerprint density at radius 3 is 1.93 bits per heavy atom. The normalized spacial score (nSPS) is 19.6. The molecule has 0 aromatic carbocycles. The SMILES string of the molecule is CCN1CCC[C@H]1C(=O)N[C@@H](CC(C)C)C(=O)NOP(C)(=O)CC(CC(C)C)C(=O)N[C@@H](CC(C)C)C(=O)NC. The lowest BCUT2D eigenvalue weighted by Gasteiger charge is -2.27. The second-order valence-corrected chi connectivity index (χ2v) is 14.9. The molecular weight excluding hydrogens is 533 g/mol. The zero-order valence-corrected chi connectivity index (χ0v) is 26.9. The van der Waals surface area contributed by atoms with E-state index in [0.29, 0.717) is 19.3 Å². The monoisotopic (exact) mass is 587 g/mol. The van der Waals surface area contributed by atoms with Crippen LogP contribution >= 0.6 is 7.37 Å². The molecular formula is C28H54N5O6P. The van der Waals surface area contributed by atoms with E-state index in [-0.39, 0.29) is 47.7 Å². The Balaban J connectivity index is 2.91. The van der Waals surface area contributed by atoms with E-state index in [1.807, 2.05) is 48.5 Å². The van der Waals surface area contributed by atoms with Gasteiger partial charge in [-0.15, -0.1) is 0 Å². The highest BCUT2D eigenvalue weighted by molar-refractivity contribution is 7.58. The fourth-order valence-corrected chi connectivity index (χ4v) is 6.60. The zero-order chi connectivity index (χ0) is 30.6. The summed E-state index contributed by atoms with van der Waals surface area (Å²) in [5, 5.41) is 8.27. The summed E-state index contributed by atoms with van der Waals surface area (Å²) in [6.45, 7) is 16.7. The Labute approximate surface area is 241 Å². The van der Waals surface area contributed by atoms with E-state index in [1.54, 1.807) is 0 Å². The van der Waals surface area contributed by atoms with Crippen LogP contribution in [0.25, 0.3) is 0 Å². The largest absolute Gasteiger partial charge is 0.357 e. The predicted octanol–water partition coefficient (Wildman–Crippen LogP) is 2.90. The average Bonchev–Trinajstić information content (AvgIpc) is 3.33. The molecule has 0 aliphatic carbocycles. The fourth-order valence-electron chi connectivity index (χ4n) is 5.12. The van der Waals surface area contributed by atoms with Crippen LogP contribution in [0.3, 0.4) is 0 Å². The van der Waals surface area contributed by atoms with Crippen molar-refractivity contribution in [3.63, 3.8) is 0 Å². The predicted molar refractivity (Wildman–Crippen MR) is 158 cm³/mol. The summed E-state index contributed by atoms with van der Waals surface area (Å²) in [6, 6.07) is -1.81. The number of hydroxylamine groups is 1. The van der Waals surface area contributed by atoms with Crippen LogP contribution in [0.2, 0.25) is 0 Å². The van der Waals surface area contributed by atoms with Crippen molar-refractivity contribution < 1.29 is 28.4 Å². The van der Waals surface area contributed by atoms with Crippen molar-refractivity contribution >= 4 is 31.0 Å². The summed E-state index contributed by atoms with van der Waals surface area (Å²) in [4.78, 5) is 53.7. The fraction of sp³-hybridized carbons (Fsp3) is 0.857. The lowest BCUT2D eigenvalue weighted by Crippen LogP contribution is -2.52. The van der Waals surface area contributed by atoms with Crippen LogP contribution in [0.5, 0.6) is 0 Å². The van der Waals surface area contributed by atoms with Gasteiger partial charge in [0.15, 0.2) is 0 Å². The standard InChI is InChI=1S/C28H54N5O6P/c1-10-33-13-11-12-24(33)28(37)31-23(16-20(6)7)27(36)32-39-40(9,38)17-21(14-18(2)3)25(34)30-22(15-19(4)5)26(35)29-8/h18-24H,10-17H2,1-9H3,(H,29,35)(H,30,34)(H,31,37)(H,32,36)/t21?,22-,23-,24-,40?/m0/s1. The first-order chi connectivity index (χ1) is 18.6. The molecule has 4 amide bonds.